The molecule has 0 saturated carbocycles. The first-order valence-electron chi connectivity index (χ1n) is 18.3. The van der Waals surface area contributed by atoms with Crippen molar-refractivity contribution in [3.63, 3.8) is 0 Å². The first-order valence-corrected chi connectivity index (χ1v) is 18.3. The summed E-state index contributed by atoms with van der Waals surface area (Å²) in [6.07, 6.45) is 0. The van der Waals surface area contributed by atoms with Gasteiger partial charge in [0.2, 0.25) is 0 Å². The number of rotatable bonds is 6. The summed E-state index contributed by atoms with van der Waals surface area (Å²) in [4.78, 5) is 2.41. The summed E-state index contributed by atoms with van der Waals surface area (Å²) in [5.41, 5.74) is 17.2. The van der Waals surface area contributed by atoms with Crippen molar-refractivity contribution in [2.24, 2.45) is 0 Å². The van der Waals surface area contributed by atoms with Crippen molar-refractivity contribution < 1.29 is 4.42 Å². The highest BCUT2D eigenvalue weighted by Crippen LogP contribution is 2.51. The van der Waals surface area contributed by atoms with Crippen molar-refractivity contribution in [1.29, 1.82) is 0 Å². The monoisotopic (exact) mass is 679 g/mol. The summed E-state index contributed by atoms with van der Waals surface area (Å²) >= 11 is 0. The van der Waals surface area contributed by atoms with E-state index in [2.05, 4.69) is 207 Å². The maximum atomic E-state index is 6.76. The number of para-hydroxylation sites is 2. The quantitative estimate of drug-likeness (QED) is 0.174. The standard InChI is InChI=1S/C51H37NO/c1-51(2)46-22-12-9-20-41(46)42-30-27-37(31-47(42)51)44-32-39(33-45-43-21-11-14-24-49(43)53-50(44)45)52(38-28-25-35(26-29-38)34-15-5-3-6-16-34)48-23-13-10-19-40(48)36-17-7-4-8-18-36/h3-33H,1-2H3. The van der Waals surface area contributed by atoms with E-state index in [9.17, 15) is 0 Å². The first kappa shape index (κ1) is 31.1. The van der Waals surface area contributed by atoms with E-state index in [1.54, 1.807) is 0 Å². The Morgan fingerprint density at radius 3 is 1.79 bits per heavy atom. The van der Waals surface area contributed by atoms with Crippen LogP contribution in [0.3, 0.4) is 0 Å². The molecule has 10 rings (SSSR count). The minimum atomic E-state index is -0.117. The third-order valence-electron chi connectivity index (χ3n) is 11.1. The summed E-state index contributed by atoms with van der Waals surface area (Å²) in [5, 5.41) is 2.20. The zero-order chi connectivity index (χ0) is 35.5. The van der Waals surface area contributed by atoms with Gasteiger partial charge >= 0.3 is 0 Å². The van der Waals surface area contributed by atoms with Crippen molar-refractivity contribution in [3.05, 3.63) is 199 Å². The Hall–Kier alpha value is -6.64. The molecule has 1 heterocycles. The predicted octanol–water partition coefficient (Wildman–Crippen LogP) is 14.4. The van der Waals surface area contributed by atoms with Crippen LogP contribution in [0.1, 0.15) is 25.0 Å². The van der Waals surface area contributed by atoms with Gasteiger partial charge < -0.3 is 9.32 Å². The van der Waals surface area contributed by atoms with E-state index in [0.717, 1.165) is 55.7 Å². The lowest BCUT2D eigenvalue weighted by molar-refractivity contribution is 0.660. The number of anilines is 3. The second kappa shape index (κ2) is 12.3. The fourth-order valence-corrected chi connectivity index (χ4v) is 8.42. The minimum absolute atomic E-state index is 0.117. The zero-order valence-electron chi connectivity index (χ0n) is 29.8. The summed E-state index contributed by atoms with van der Waals surface area (Å²) < 4.78 is 6.76. The number of benzene rings is 8. The van der Waals surface area contributed by atoms with Crippen LogP contribution in [0.4, 0.5) is 17.1 Å². The molecule has 2 heteroatoms. The first-order chi connectivity index (χ1) is 26.0. The van der Waals surface area contributed by atoms with E-state index in [1.807, 2.05) is 0 Å². The fourth-order valence-electron chi connectivity index (χ4n) is 8.42. The average molecular weight is 680 g/mol. The van der Waals surface area contributed by atoms with Crippen LogP contribution in [0.2, 0.25) is 0 Å². The van der Waals surface area contributed by atoms with Crippen molar-refractivity contribution in [3.8, 4) is 44.5 Å². The Morgan fingerprint density at radius 2 is 1.00 bits per heavy atom. The van der Waals surface area contributed by atoms with Crippen LogP contribution in [0, 0.1) is 0 Å². The molecule has 2 nitrogen and oxygen atoms in total. The van der Waals surface area contributed by atoms with E-state index in [-0.39, 0.29) is 5.41 Å². The molecule has 0 aliphatic heterocycles. The van der Waals surface area contributed by atoms with E-state index >= 15 is 0 Å². The van der Waals surface area contributed by atoms with Gasteiger partial charge in [0.05, 0.1) is 5.69 Å². The number of furan rings is 1. The van der Waals surface area contributed by atoms with Crippen molar-refractivity contribution in [1.82, 2.24) is 0 Å². The maximum absolute atomic E-state index is 6.76. The van der Waals surface area contributed by atoms with E-state index in [0.29, 0.717) is 0 Å². The Morgan fingerprint density at radius 1 is 0.396 bits per heavy atom. The lowest BCUT2D eigenvalue weighted by atomic mass is 9.81. The van der Waals surface area contributed by atoms with Crippen molar-refractivity contribution >= 4 is 39.0 Å². The molecule has 252 valence electrons. The Labute approximate surface area is 310 Å². The van der Waals surface area contributed by atoms with Crippen LogP contribution < -0.4 is 4.90 Å². The molecule has 0 spiro atoms. The van der Waals surface area contributed by atoms with Crippen molar-refractivity contribution in [2.45, 2.75) is 19.3 Å². The van der Waals surface area contributed by atoms with Crippen LogP contribution in [0.15, 0.2) is 192 Å². The minimum Gasteiger partial charge on any atom is -0.455 e. The second-order valence-electron chi connectivity index (χ2n) is 14.5. The molecule has 0 amide bonds. The largest absolute Gasteiger partial charge is 0.455 e. The molecule has 1 aromatic heterocycles. The van der Waals surface area contributed by atoms with E-state index < -0.39 is 0 Å². The SMILES string of the molecule is CC1(C)c2ccccc2-c2ccc(-c3cc(N(c4ccc(-c5ccccc5)cc4)c4ccccc4-c4ccccc4)cc4c3oc3ccccc34)cc21. The zero-order valence-corrected chi connectivity index (χ0v) is 29.8. The lowest BCUT2D eigenvalue weighted by Gasteiger charge is -2.29. The summed E-state index contributed by atoms with van der Waals surface area (Å²) in [6.45, 7) is 4.69. The molecule has 0 radical (unpaired) electrons. The van der Waals surface area contributed by atoms with Gasteiger partial charge in [-0.25, -0.2) is 0 Å². The number of hydrogen-bond acceptors (Lipinski definition) is 2. The number of hydrogen-bond donors (Lipinski definition) is 0. The lowest BCUT2D eigenvalue weighted by Crippen LogP contribution is -2.15. The fraction of sp³-hybridized carbons (Fsp3) is 0.0588. The highest BCUT2D eigenvalue weighted by molar-refractivity contribution is 6.12. The molecule has 0 fully saturated rings. The van der Waals surface area contributed by atoms with Gasteiger partial charge in [-0.3, -0.25) is 0 Å². The molecule has 9 aromatic rings. The average Bonchev–Trinajstić information content (AvgIpc) is 3.70. The Kier molecular flexibility index (Phi) is 7.19. The van der Waals surface area contributed by atoms with Gasteiger partial charge in [-0.1, -0.05) is 159 Å². The van der Waals surface area contributed by atoms with Crippen LogP contribution in [-0.4, -0.2) is 0 Å². The Balaban J connectivity index is 1.23. The summed E-state index contributed by atoms with van der Waals surface area (Å²) in [5.74, 6) is 0. The van der Waals surface area contributed by atoms with E-state index in [4.69, 9.17) is 4.42 Å². The topological polar surface area (TPSA) is 16.4 Å². The number of fused-ring (bicyclic) bond motifs is 6. The number of nitrogens with zero attached hydrogens (tertiary/aromatic N) is 1. The van der Waals surface area contributed by atoms with Crippen LogP contribution in [0.5, 0.6) is 0 Å². The molecule has 0 saturated heterocycles. The molecule has 1 aliphatic carbocycles. The van der Waals surface area contributed by atoms with Crippen LogP contribution in [-0.2, 0) is 5.41 Å². The van der Waals surface area contributed by atoms with Crippen LogP contribution in [0.25, 0.3) is 66.4 Å². The van der Waals surface area contributed by atoms with Crippen molar-refractivity contribution in [2.75, 3.05) is 4.90 Å². The van der Waals surface area contributed by atoms with Gasteiger partial charge in [-0.2, -0.15) is 0 Å². The predicted molar refractivity (Wildman–Crippen MR) is 222 cm³/mol. The van der Waals surface area contributed by atoms with Gasteiger partial charge in [-0.15, -0.1) is 0 Å². The van der Waals surface area contributed by atoms with Gasteiger partial charge in [0.25, 0.3) is 0 Å². The van der Waals surface area contributed by atoms with Gasteiger partial charge in [-0.05, 0) is 87.0 Å². The molecule has 0 unspecified atom stereocenters. The van der Waals surface area contributed by atoms with Gasteiger partial charge in [0.15, 0.2) is 0 Å². The second-order valence-corrected chi connectivity index (χ2v) is 14.5. The van der Waals surface area contributed by atoms with Crippen LogP contribution >= 0.6 is 0 Å². The third kappa shape index (κ3) is 5.10. The van der Waals surface area contributed by atoms with E-state index in [1.165, 1.54) is 38.9 Å². The smallest absolute Gasteiger partial charge is 0.143 e. The molecule has 0 atom stereocenters. The van der Waals surface area contributed by atoms with Gasteiger partial charge in [0.1, 0.15) is 11.2 Å². The summed E-state index contributed by atoms with van der Waals surface area (Å²) in [6, 6.07) is 67.8. The summed E-state index contributed by atoms with van der Waals surface area (Å²) in [7, 11) is 0. The molecule has 0 N–H and O–H groups in total. The Bertz CT molecular complexity index is 2790. The molecule has 8 aromatic carbocycles. The highest BCUT2D eigenvalue weighted by Gasteiger charge is 2.35. The third-order valence-corrected chi connectivity index (χ3v) is 11.1. The normalized spacial score (nSPS) is 12.9. The molecule has 0 bridgehead atoms. The molecular weight excluding hydrogens is 643 g/mol. The molecular formula is C51H37NO. The molecule has 53 heavy (non-hydrogen) atoms. The maximum Gasteiger partial charge on any atom is 0.143 e. The molecule has 1 aliphatic rings. The van der Waals surface area contributed by atoms with Gasteiger partial charge in [0, 0.05) is 38.7 Å². The highest BCUT2D eigenvalue weighted by atomic mass is 16.3.